The lowest BCUT2D eigenvalue weighted by molar-refractivity contribution is 0.0266. The molecule has 0 aromatic heterocycles. The third-order valence-electron chi connectivity index (χ3n) is 2.41. The Balaban J connectivity index is 2.22. The lowest BCUT2D eigenvalue weighted by Crippen LogP contribution is -2.43. The predicted octanol–water partition coefficient (Wildman–Crippen LogP) is 1.65. The lowest BCUT2D eigenvalue weighted by Gasteiger charge is -2.22. The highest BCUT2D eigenvalue weighted by Gasteiger charge is 2.25. The van der Waals surface area contributed by atoms with Crippen LogP contribution in [0.25, 0.3) is 0 Å². The van der Waals surface area contributed by atoms with Crippen LogP contribution < -0.4 is 5.32 Å². The lowest BCUT2D eigenvalue weighted by atomic mass is 10.0. The van der Waals surface area contributed by atoms with E-state index in [1.54, 1.807) is 0 Å². The molecule has 1 atom stereocenters. The Labute approximate surface area is 97.5 Å². The van der Waals surface area contributed by atoms with E-state index in [4.69, 9.17) is 16.3 Å². The van der Waals surface area contributed by atoms with E-state index in [9.17, 15) is 9.18 Å². The summed E-state index contributed by atoms with van der Waals surface area (Å²) in [4.78, 5) is 11.9. The molecule has 1 aromatic carbocycles. The van der Waals surface area contributed by atoms with Crippen molar-refractivity contribution in [3.8, 4) is 0 Å². The summed E-state index contributed by atoms with van der Waals surface area (Å²) in [7, 11) is 0. The molecule has 0 amide bonds. The molecule has 1 unspecified atom stereocenters. The highest BCUT2D eigenvalue weighted by molar-refractivity contribution is 6.31. The van der Waals surface area contributed by atoms with Crippen LogP contribution in [0.15, 0.2) is 18.2 Å². The van der Waals surface area contributed by atoms with Crippen LogP contribution in [0.1, 0.15) is 10.4 Å². The molecule has 1 N–H and O–H groups in total. The van der Waals surface area contributed by atoms with Crippen LogP contribution in [-0.4, -0.2) is 31.6 Å². The first-order chi connectivity index (χ1) is 7.68. The van der Waals surface area contributed by atoms with Crippen molar-refractivity contribution in [1.29, 1.82) is 0 Å². The topological polar surface area (TPSA) is 38.3 Å². The molecule has 1 saturated heterocycles. The third kappa shape index (κ3) is 2.40. The molecule has 1 fully saturated rings. The number of carbonyl (C=O) groups is 1. The van der Waals surface area contributed by atoms with Crippen molar-refractivity contribution in [2.45, 2.75) is 6.10 Å². The highest BCUT2D eigenvalue weighted by Crippen LogP contribution is 2.17. The zero-order valence-corrected chi connectivity index (χ0v) is 9.26. The van der Waals surface area contributed by atoms with Gasteiger partial charge < -0.3 is 10.1 Å². The summed E-state index contributed by atoms with van der Waals surface area (Å²) in [5, 5.41) is 3.36. The summed E-state index contributed by atoms with van der Waals surface area (Å²) in [6.45, 7) is 1.57. The van der Waals surface area contributed by atoms with Gasteiger partial charge in [-0.15, -0.1) is 0 Å². The molecule has 1 heterocycles. The first-order valence-corrected chi connectivity index (χ1v) is 5.38. The molecular formula is C11H11ClFNO2. The Morgan fingerprint density at radius 3 is 3.06 bits per heavy atom. The summed E-state index contributed by atoms with van der Waals surface area (Å²) < 4.78 is 18.7. The number of ketones is 1. The molecule has 1 aliphatic heterocycles. The highest BCUT2D eigenvalue weighted by atomic mass is 35.5. The predicted molar refractivity (Wildman–Crippen MR) is 58.4 cm³/mol. The fraction of sp³-hybridized carbons (Fsp3) is 0.364. The third-order valence-corrected chi connectivity index (χ3v) is 2.65. The number of halogens is 2. The number of carbonyl (C=O) groups excluding carboxylic acids is 1. The van der Waals surface area contributed by atoms with Crippen LogP contribution in [0.4, 0.5) is 4.39 Å². The van der Waals surface area contributed by atoms with Crippen LogP contribution in [0, 0.1) is 5.82 Å². The Hall–Kier alpha value is -0.970. The number of Topliss-reactive ketones (excluding diaryl/α,β-unsaturated/α-hetero) is 1. The van der Waals surface area contributed by atoms with Gasteiger partial charge in [-0.3, -0.25) is 4.79 Å². The minimum absolute atomic E-state index is 0.0128. The van der Waals surface area contributed by atoms with Crippen molar-refractivity contribution < 1.29 is 13.9 Å². The molecule has 0 saturated carbocycles. The van der Waals surface area contributed by atoms with Gasteiger partial charge in [-0.05, 0) is 18.2 Å². The quantitative estimate of drug-likeness (QED) is 0.803. The molecule has 0 bridgehead atoms. The smallest absolute Gasteiger partial charge is 0.195 e. The Morgan fingerprint density at radius 2 is 2.38 bits per heavy atom. The van der Waals surface area contributed by atoms with E-state index in [2.05, 4.69) is 5.32 Å². The molecule has 3 nitrogen and oxygen atoms in total. The number of benzene rings is 1. The standard InChI is InChI=1S/C11H11ClFNO2/c12-7-1-2-9(13)8(5-7)11(15)10-6-14-3-4-16-10/h1-2,5,10,14H,3-4,6H2. The second-order valence-electron chi connectivity index (χ2n) is 3.55. The normalized spacial score (nSPS) is 20.8. The largest absolute Gasteiger partial charge is 0.367 e. The van der Waals surface area contributed by atoms with Crippen LogP contribution in [0.2, 0.25) is 5.02 Å². The molecule has 1 aliphatic rings. The molecule has 2 rings (SSSR count). The van der Waals surface area contributed by atoms with Crippen LogP contribution in [-0.2, 0) is 4.74 Å². The summed E-state index contributed by atoms with van der Waals surface area (Å²) in [5.41, 5.74) is -0.0128. The summed E-state index contributed by atoms with van der Waals surface area (Å²) in [6.07, 6.45) is -0.623. The van der Waals surface area contributed by atoms with Gasteiger partial charge in [-0.1, -0.05) is 11.6 Å². The fourth-order valence-electron chi connectivity index (χ4n) is 1.59. The summed E-state index contributed by atoms with van der Waals surface area (Å²) in [5.74, 6) is -0.934. The van der Waals surface area contributed by atoms with Gasteiger partial charge in [0.15, 0.2) is 5.78 Å². The van der Waals surface area contributed by atoms with Crippen molar-refractivity contribution in [1.82, 2.24) is 5.32 Å². The minimum atomic E-state index is -0.623. The number of morpholine rings is 1. The van der Waals surface area contributed by atoms with E-state index in [0.717, 1.165) is 0 Å². The zero-order chi connectivity index (χ0) is 11.5. The SMILES string of the molecule is O=C(c1cc(Cl)ccc1F)C1CNCCO1. The summed E-state index contributed by atoms with van der Waals surface area (Å²) >= 11 is 5.72. The second kappa shape index (κ2) is 4.91. The van der Waals surface area contributed by atoms with Crippen molar-refractivity contribution in [3.63, 3.8) is 0 Å². The van der Waals surface area contributed by atoms with Crippen LogP contribution in [0.3, 0.4) is 0 Å². The minimum Gasteiger partial charge on any atom is -0.367 e. The average molecular weight is 244 g/mol. The number of ether oxygens (including phenoxy) is 1. The van der Waals surface area contributed by atoms with Gasteiger partial charge in [0.05, 0.1) is 12.2 Å². The second-order valence-corrected chi connectivity index (χ2v) is 3.99. The van der Waals surface area contributed by atoms with Gasteiger partial charge in [-0.25, -0.2) is 4.39 Å². The summed E-state index contributed by atoms with van der Waals surface area (Å²) in [6, 6.07) is 3.93. The van der Waals surface area contributed by atoms with Crippen LogP contribution >= 0.6 is 11.6 Å². The molecule has 0 radical (unpaired) electrons. The molecule has 16 heavy (non-hydrogen) atoms. The maximum atomic E-state index is 13.4. The van der Waals surface area contributed by atoms with Crippen molar-refractivity contribution in [2.75, 3.05) is 19.7 Å². The van der Waals surface area contributed by atoms with Crippen molar-refractivity contribution >= 4 is 17.4 Å². The molecule has 86 valence electrons. The molecular weight excluding hydrogens is 233 g/mol. The Bertz CT molecular complexity index is 405. The van der Waals surface area contributed by atoms with Crippen LogP contribution in [0.5, 0.6) is 0 Å². The Kier molecular flexibility index (Phi) is 3.53. The number of nitrogens with one attached hydrogen (secondary N) is 1. The first kappa shape index (κ1) is 11.5. The molecule has 5 heteroatoms. The monoisotopic (exact) mass is 243 g/mol. The molecule has 1 aromatic rings. The van der Waals surface area contributed by atoms with Gasteiger partial charge in [0.2, 0.25) is 0 Å². The maximum absolute atomic E-state index is 13.4. The van der Waals surface area contributed by atoms with Gasteiger partial charge in [-0.2, -0.15) is 0 Å². The number of hydrogen-bond acceptors (Lipinski definition) is 3. The Morgan fingerprint density at radius 1 is 1.56 bits per heavy atom. The van der Waals surface area contributed by atoms with E-state index in [0.29, 0.717) is 24.7 Å². The molecule has 0 spiro atoms. The van der Waals surface area contributed by atoms with Gasteiger partial charge in [0.25, 0.3) is 0 Å². The van der Waals surface area contributed by atoms with Gasteiger partial charge >= 0.3 is 0 Å². The van der Waals surface area contributed by atoms with E-state index in [1.807, 2.05) is 0 Å². The van der Waals surface area contributed by atoms with Gasteiger partial charge in [0.1, 0.15) is 11.9 Å². The van der Waals surface area contributed by atoms with Gasteiger partial charge in [0, 0.05) is 18.1 Å². The average Bonchev–Trinajstić information content (AvgIpc) is 2.32. The number of rotatable bonds is 2. The van der Waals surface area contributed by atoms with E-state index < -0.39 is 11.9 Å². The first-order valence-electron chi connectivity index (χ1n) is 5.00. The molecule has 0 aliphatic carbocycles. The van der Waals surface area contributed by atoms with E-state index in [-0.39, 0.29) is 11.3 Å². The van der Waals surface area contributed by atoms with Crippen molar-refractivity contribution in [3.05, 3.63) is 34.6 Å². The van der Waals surface area contributed by atoms with E-state index >= 15 is 0 Å². The van der Waals surface area contributed by atoms with E-state index in [1.165, 1.54) is 18.2 Å². The fourth-order valence-corrected chi connectivity index (χ4v) is 1.77. The number of hydrogen-bond donors (Lipinski definition) is 1. The maximum Gasteiger partial charge on any atom is 0.195 e. The van der Waals surface area contributed by atoms with Crippen molar-refractivity contribution in [2.24, 2.45) is 0 Å². The zero-order valence-electron chi connectivity index (χ0n) is 8.50.